The number of benzene rings is 4. The molecule has 0 radical (unpaired) electrons. The van der Waals surface area contributed by atoms with E-state index in [1.165, 1.54) is 27.5 Å². The van der Waals surface area contributed by atoms with Crippen molar-refractivity contribution >= 4 is 40.2 Å². The van der Waals surface area contributed by atoms with Crippen molar-refractivity contribution in [2.75, 3.05) is 4.90 Å². The quantitative estimate of drug-likeness (QED) is 0.217. The summed E-state index contributed by atoms with van der Waals surface area (Å²) in [5.74, 6) is 1.73. The van der Waals surface area contributed by atoms with Crippen molar-refractivity contribution in [2.45, 2.75) is 19.3 Å². The zero-order chi connectivity index (χ0) is 28.8. The average Bonchev–Trinajstić information content (AvgIpc) is 3.04. The molecule has 0 fully saturated rings. The van der Waals surface area contributed by atoms with Crippen molar-refractivity contribution in [1.29, 1.82) is 0 Å². The highest BCUT2D eigenvalue weighted by atomic mass is 15.2. The summed E-state index contributed by atoms with van der Waals surface area (Å²) in [5, 5.41) is 2.48. The van der Waals surface area contributed by atoms with Gasteiger partial charge in [0.1, 0.15) is 11.6 Å². The fourth-order valence-electron chi connectivity index (χ4n) is 6.43. The molecule has 1 aliphatic rings. The maximum atomic E-state index is 5.01. The molecule has 1 aliphatic heterocycles. The summed E-state index contributed by atoms with van der Waals surface area (Å²) in [6.07, 6.45) is 7.56. The highest BCUT2D eigenvalue weighted by Crippen LogP contribution is 2.54. The van der Waals surface area contributed by atoms with Gasteiger partial charge in [0.25, 0.3) is 0 Å². The van der Waals surface area contributed by atoms with E-state index in [-0.39, 0.29) is 5.41 Å². The van der Waals surface area contributed by atoms with Crippen molar-refractivity contribution in [3.63, 3.8) is 0 Å². The topological polar surface area (TPSA) is 29.0 Å². The van der Waals surface area contributed by atoms with Crippen molar-refractivity contribution < 1.29 is 0 Å². The van der Waals surface area contributed by atoms with E-state index < -0.39 is 0 Å². The number of fused-ring (bicyclic) bond motifs is 3. The zero-order valence-electron chi connectivity index (χ0n) is 23.9. The number of hydrogen-bond acceptors (Lipinski definition) is 3. The molecule has 4 aromatic carbocycles. The second kappa shape index (κ2) is 9.97. The van der Waals surface area contributed by atoms with Gasteiger partial charge in [-0.15, -0.1) is 0 Å². The third kappa shape index (κ3) is 3.97. The summed E-state index contributed by atoms with van der Waals surface area (Å²) in [4.78, 5) is 12.0. The summed E-state index contributed by atoms with van der Waals surface area (Å²) in [5.41, 5.74) is 9.85. The van der Waals surface area contributed by atoms with Gasteiger partial charge in [0.15, 0.2) is 0 Å². The first-order chi connectivity index (χ1) is 20.5. The fourth-order valence-corrected chi connectivity index (χ4v) is 6.43. The predicted octanol–water partition coefficient (Wildman–Crippen LogP) is 10.4. The molecule has 6 aromatic rings. The molecule has 3 heteroatoms. The van der Waals surface area contributed by atoms with Gasteiger partial charge >= 0.3 is 0 Å². The Hall–Kier alpha value is -5.28. The minimum Gasteiger partial charge on any atom is -0.278 e. The first kappa shape index (κ1) is 25.7. The van der Waals surface area contributed by atoms with Crippen LogP contribution >= 0.6 is 0 Å². The van der Waals surface area contributed by atoms with Gasteiger partial charge in [0, 0.05) is 23.4 Å². The van der Waals surface area contributed by atoms with E-state index >= 15 is 0 Å². The molecule has 42 heavy (non-hydrogen) atoms. The van der Waals surface area contributed by atoms with Crippen LogP contribution in [0.25, 0.3) is 45.2 Å². The maximum absolute atomic E-state index is 5.01. The fraction of sp³-hybridized carbons (Fsp3) is 0.0769. The van der Waals surface area contributed by atoms with Crippen LogP contribution in [0.5, 0.6) is 0 Å². The van der Waals surface area contributed by atoms with Gasteiger partial charge in [-0.2, -0.15) is 0 Å². The van der Waals surface area contributed by atoms with E-state index in [4.69, 9.17) is 9.97 Å². The van der Waals surface area contributed by atoms with E-state index in [2.05, 4.69) is 117 Å². The molecule has 0 amide bonds. The van der Waals surface area contributed by atoms with Gasteiger partial charge in [0.05, 0.1) is 5.69 Å². The van der Waals surface area contributed by atoms with Crippen LogP contribution in [0.15, 0.2) is 129 Å². The van der Waals surface area contributed by atoms with Gasteiger partial charge in [-0.05, 0) is 86.1 Å². The molecule has 0 bridgehead atoms. The van der Waals surface area contributed by atoms with E-state index in [1.807, 2.05) is 42.7 Å². The number of hydrogen-bond donors (Lipinski definition) is 0. The van der Waals surface area contributed by atoms with Crippen LogP contribution in [0.4, 0.5) is 17.3 Å². The summed E-state index contributed by atoms with van der Waals surface area (Å²) >= 11 is 0. The number of anilines is 3. The van der Waals surface area contributed by atoms with Crippen molar-refractivity contribution in [2.24, 2.45) is 0 Å². The number of nitrogens with zero attached hydrogens (tertiary/aromatic N) is 3. The molecule has 0 saturated carbocycles. The predicted molar refractivity (Wildman–Crippen MR) is 177 cm³/mol. The van der Waals surface area contributed by atoms with Crippen LogP contribution in [-0.2, 0) is 5.41 Å². The Morgan fingerprint density at radius 2 is 1.45 bits per heavy atom. The second-order valence-corrected chi connectivity index (χ2v) is 11.2. The standard InChI is InChI=1S/C39H31N3/c1-5-26-14-11-15-32(31(26)6-2)33-21-23-41-38-37(33)39(3,4)34-25-30(29-18-17-27-12-7-8-13-28(27)24-29)19-20-35(34)42(38)36-16-9-10-22-40-36/h5-25H,1-2H2,3-4H3. The molecule has 0 N–H and O–H groups in total. The minimum absolute atomic E-state index is 0.366. The summed E-state index contributed by atoms with van der Waals surface area (Å²) < 4.78 is 0. The van der Waals surface area contributed by atoms with Crippen LogP contribution in [0.2, 0.25) is 0 Å². The second-order valence-electron chi connectivity index (χ2n) is 11.2. The highest BCUT2D eigenvalue weighted by molar-refractivity contribution is 5.92. The van der Waals surface area contributed by atoms with Crippen molar-refractivity contribution in [3.05, 3.63) is 151 Å². The molecular formula is C39H31N3. The molecule has 0 unspecified atom stereocenters. The maximum Gasteiger partial charge on any atom is 0.143 e. The SMILES string of the molecule is C=Cc1cccc(-c2ccnc3c2C(C)(C)c2cc(-c4ccc5ccccc5c4)ccc2N3c2ccccn2)c1C=C. The van der Waals surface area contributed by atoms with Crippen LogP contribution in [0, 0.1) is 0 Å². The van der Waals surface area contributed by atoms with Crippen LogP contribution < -0.4 is 4.90 Å². The highest BCUT2D eigenvalue weighted by Gasteiger charge is 2.40. The Labute approximate surface area is 247 Å². The lowest BCUT2D eigenvalue weighted by atomic mass is 9.71. The van der Waals surface area contributed by atoms with Gasteiger partial charge in [-0.1, -0.05) is 106 Å². The van der Waals surface area contributed by atoms with E-state index in [1.54, 1.807) is 0 Å². The summed E-state index contributed by atoms with van der Waals surface area (Å²) in [6, 6.07) is 36.5. The van der Waals surface area contributed by atoms with E-state index in [0.717, 1.165) is 45.1 Å². The zero-order valence-corrected chi connectivity index (χ0v) is 23.9. The Balaban J connectivity index is 1.50. The van der Waals surface area contributed by atoms with Crippen LogP contribution in [0.3, 0.4) is 0 Å². The minimum atomic E-state index is -0.366. The molecule has 0 spiro atoms. The third-order valence-corrected chi connectivity index (χ3v) is 8.49. The Kier molecular flexibility index (Phi) is 6.09. The first-order valence-corrected chi connectivity index (χ1v) is 14.2. The average molecular weight is 542 g/mol. The van der Waals surface area contributed by atoms with Crippen molar-refractivity contribution in [3.8, 4) is 22.3 Å². The largest absolute Gasteiger partial charge is 0.278 e. The Morgan fingerprint density at radius 1 is 0.667 bits per heavy atom. The van der Waals surface area contributed by atoms with Crippen molar-refractivity contribution in [1.82, 2.24) is 9.97 Å². The molecule has 3 nitrogen and oxygen atoms in total. The molecule has 3 heterocycles. The van der Waals surface area contributed by atoms with Gasteiger partial charge in [-0.3, -0.25) is 4.90 Å². The Bertz CT molecular complexity index is 2000. The van der Waals surface area contributed by atoms with E-state index in [0.29, 0.717) is 0 Å². The lowest BCUT2D eigenvalue weighted by Gasteiger charge is -2.42. The normalized spacial score (nSPS) is 13.3. The van der Waals surface area contributed by atoms with Gasteiger partial charge in [-0.25, -0.2) is 9.97 Å². The molecule has 0 atom stereocenters. The Morgan fingerprint density at radius 3 is 2.24 bits per heavy atom. The van der Waals surface area contributed by atoms with Gasteiger partial charge in [0.2, 0.25) is 0 Å². The molecule has 202 valence electrons. The number of rotatable bonds is 5. The van der Waals surface area contributed by atoms with Gasteiger partial charge < -0.3 is 0 Å². The van der Waals surface area contributed by atoms with E-state index in [9.17, 15) is 0 Å². The smallest absolute Gasteiger partial charge is 0.143 e. The lowest BCUT2D eigenvalue weighted by Crippen LogP contribution is -2.32. The first-order valence-electron chi connectivity index (χ1n) is 14.2. The summed E-state index contributed by atoms with van der Waals surface area (Å²) in [7, 11) is 0. The summed E-state index contributed by atoms with van der Waals surface area (Å²) in [6.45, 7) is 12.8. The van der Waals surface area contributed by atoms with Crippen LogP contribution in [0.1, 0.15) is 36.1 Å². The monoisotopic (exact) mass is 541 g/mol. The lowest BCUT2D eigenvalue weighted by molar-refractivity contribution is 0.629. The molecule has 0 saturated heterocycles. The number of pyridine rings is 2. The third-order valence-electron chi connectivity index (χ3n) is 8.49. The number of aromatic nitrogens is 2. The van der Waals surface area contributed by atoms with Crippen LogP contribution in [-0.4, -0.2) is 9.97 Å². The molecule has 0 aliphatic carbocycles. The molecule has 7 rings (SSSR count). The molecular weight excluding hydrogens is 510 g/mol. The molecule has 2 aromatic heterocycles.